The minimum Gasteiger partial charge on any atom is -0.268 e. The number of carbonyl (C=O) groups excluding carboxylic acids is 3. The minimum atomic E-state index is -0.338. The molecule has 0 fully saturated rings. The Kier molecular flexibility index (Phi) is 7.09. The third-order valence-electron chi connectivity index (χ3n) is 9.64. The molecule has 2 aliphatic rings. The van der Waals surface area contributed by atoms with Gasteiger partial charge in [-0.3, -0.25) is 9.59 Å². The first kappa shape index (κ1) is 30.8. The van der Waals surface area contributed by atoms with E-state index >= 15 is 0 Å². The molecule has 0 saturated heterocycles. The zero-order chi connectivity index (χ0) is 35.5. The summed E-state index contributed by atoms with van der Waals surface area (Å²) in [4.78, 5) is 40.5. The maximum absolute atomic E-state index is 13.6. The first-order valence-corrected chi connectivity index (χ1v) is 16.8. The normalized spacial score (nSPS) is 14.1. The second kappa shape index (κ2) is 12.0. The summed E-state index contributed by atoms with van der Waals surface area (Å²) in [5, 5.41) is 12.6. The molecule has 0 atom stereocenters. The highest BCUT2D eigenvalue weighted by Gasteiger charge is 2.33. The van der Waals surface area contributed by atoms with Crippen LogP contribution in [0.4, 0.5) is 10.5 Å². The number of benzene rings is 7. The lowest BCUT2D eigenvalue weighted by molar-refractivity contribution is 0.0893. The van der Waals surface area contributed by atoms with Gasteiger partial charge in [-0.1, -0.05) is 109 Å². The number of nitrogens with zero attached hydrogens (tertiary/aromatic N) is 5. The van der Waals surface area contributed by atoms with E-state index in [0.29, 0.717) is 28.0 Å². The second-order valence-corrected chi connectivity index (χ2v) is 12.7. The van der Waals surface area contributed by atoms with Crippen molar-refractivity contribution in [1.29, 1.82) is 0 Å². The Hall–Kier alpha value is -7.24. The van der Waals surface area contributed by atoms with Crippen molar-refractivity contribution >= 4 is 61.7 Å². The molecule has 0 saturated carbocycles. The van der Waals surface area contributed by atoms with Crippen LogP contribution >= 0.6 is 0 Å². The Morgan fingerprint density at radius 2 is 1.10 bits per heavy atom. The van der Waals surface area contributed by atoms with Crippen LogP contribution in [0.25, 0.3) is 43.4 Å². The van der Waals surface area contributed by atoms with E-state index in [1.807, 2.05) is 72.8 Å². The fraction of sp³-hybridized carbons (Fsp3) is 0.0455. The zero-order valence-corrected chi connectivity index (χ0v) is 28.2. The molecule has 4 amide bonds. The molecule has 0 bridgehead atoms. The van der Waals surface area contributed by atoms with Gasteiger partial charge in [0, 0.05) is 47.3 Å². The highest BCUT2D eigenvalue weighted by Crippen LogP contribution is 2.39. The topological polar surface area (TPSA) is 87.4 Å². The lowest BCUT2D eigenvalue weighted by atomic mass is 9.88. The van der Waals surface area contributed by atoms with E-state index in [4.69, 9.17) is 0 Å². The molecule has 52 heavy (non-hydrogen) atoms. The van der Waals surface area contributed by atoms with Crippen LogP contribution in [0.1, 0.15) is 37.4 Å². The summed E-state index contributed by atoms with van der Waals surface area (Å²) in [6.45, 7) is 0. The summed E-state index contributed by atoms with van der Waals surface area (Å²) in [7, 11) is 3.22. The van der Waals surface area contributed by atoms with Crippen LogP contribution < -0.4 is 10.3 Å². The van der Waals surface area contributed by atoms with Gasteiger partial charge in [-0.15, -0.1) is 10.5 Å². The monoisotopic (exact) mass is 674 g/mol. The molecule has 2 heterocycles. The number of hydrazone groups is 1. The maximum Gasteiger partial charge on any atom is 0.360 e. The number of hydrogen-bond donors (Lipinski definition) is 0. The SMILES string of the molecule is CN1[N]C(c2ccc(-c3c4ccccc4c(C#Cc4ccc(N5C(=O)c6cccc7cccc(c67)C5=O)cc4)c4ccccc34)cc2)=NN(C)C1=O. The Labute approximate surface area is 299 Å². The van der Waals surface area contributed by atoms with Crippen LogP contribution in [0.15, 0.2) is 139 Å². The fourth-order valence-electron chi connectivity index (χ4n) is 7.17. The molecule has 8 nitrogen and oxygen atoms in total. The Balaban J connectivity index is 1.08. The lowest BCUT2D eigenvalue weighted by Crippen LogP contribution is -2.48. The predicted octanol–water partition coefficient (Wildman–Crippen LogP) is 8.19. The summed E-state index contributed by atoms with van der Waals surface area (Å²) in [6, 6.07) is 42.6. The molecule has 0 aromatic heterocycles. The Bertz CT molecular complexity index is 2650. The van der Waals surface area contributed by atoms with Crippen molar-refractivity contribution in [1.82, 2.24) is 15.4 Å². The van der Waals surface area contributed by atoms with Gasteiger partial charge in [0.05, 0.1) is 5.69 Å². The number of urea groups is 1. The summed E-state index contributed by atoms with van der Waals surface area (Å²) in [5.74, 6) is 6.60. The Morgan fingerprint density at radius 1 is 0.538 bits per heavy atom. The zero-order valence-electron chi connectivity index (χ0n) is 28.2. The van der Waals surface area contributed by atoms with E-state index < -0.39 is 0 Å². The van der Waals surface area contributed by atoms with E-state index in [1.54, 1.807) is 38.4 Å². The molecule has 0 N–H and O–H groups in total. The van der Waals surface area contributed by atoms with Crippen molar-refractivity contribution < 1.29 is 14.4 Å². The number of rotatable bonds is 3. The maximum atomic E-state index is 13.6. The van der Waals surface area contributed by atoms with Crippen LogP contribution in [-0.2, 0) is 0 Å². The molecule has 1 radical (unpaired) electrons. The number of amidine groups is 1. The van der Waals surface area contributed by atoms with Crippen molar-refractivity contribution in [2.45, 2.75) is 0 Å². The molecular formula is C44H28N5O3. The van der Waals surface area contributed by atoms with Crippen molar-refractivity contribution in [2.75, 3.05) is 19.0 Å². The number of amides is 4. The van der Waals surface area contributed by atoms with Crippen LogP contribution in [0, 0.1) is 11.8 Å². The van der Waals surface area contributed by atoms with Gasteiger partial charge >= 0.3 is 6.03 Å². The van der Waals surface area contributed by atoms with Crippen LogP contribution in [0.3, 0.4) is 0 Å². The van der Waals surface area contributed by atoms with Gasteiger partial charge in [0.2, 0.25) is 0 Å². The smallest absolute Gasteiger partial charge is 0.268 e. The summed E-state index contributed by atoms with van der Waals surface area (Å²) in [5.41, 5.74) is 10.4. The summed E-state index contributed by atoms with van der Waals surface area (Å²) in [6.07, 6.45) is 0. The summed E-state index contributed by atoms with van der Waals surface area (Å²) >= 11 is 0. The van der Waals surface area contributed by atoms with Crippen molar-refractivity contribution in [3.63, 3.8) is 0 Å². The van der Waals surface area contributed by atoms with Gasteiger partial charge in [-0.05, 0) is 74.5 Å². The first-order chi connectivity index (χ1) is 25.4. The van der Waals surface area contributed by atoms with E-state index in [-0.39, 0.29) is 17.8 Å². The van der Waals surface area contributed by atoms with E-state index in [9.17, 15) is 14.4 Å². The number of fused-ring (bicyclic) bond motifs is 2. The van der Waals surface area contributed by atoms with Crippen LogP contribution in [0.5, 0.6) is 0 Å². The summed E-state index contributed by atoms with van der Waals surface area (Å²) < 4.78 is 0. The molecule has 2 aliphatic heterocycles. The number of carbonyl (C=O) groups is 3. The highest BCUT2D eigenvalue weighted by molar-refractivity contribution is 6.35. The van der Waals surface area contributed by atoms with Gasteiger partial charge in [0.25, 0.3) is 11.8 Å². The van der Waals surface area contributed by atoms with Crippen molar-refractivity contribution in [3.05, 3.63) is 161 Å². The predicted molar refractivity (Wildman–Crippen MR) is 204 cm³/mol. The molecule has 9 rings (SSSR count). The molecule has 8 heteroatoms. The van der Waals surface area contributed by atoms with Gasteiger partial charge < -0.3 is 0 Å². The molecule has 247 valence electrons. The largest absolute Gasteiger partial charge is 0.360 e. The van der Waals surface area contributed by atoms with E-state index in [0.717, 1.165) is 54.7 Å². The van der Waals surface area contributed by atoms with Crippen molar-refractivity contribution in [3.8, 4) is 23.0 Å². The third kappa shape index (κ3) is 4.87. The number of hydrogen-bond acceptors (Lipinski definition) is 4. The molecule has 0 spiro atoms. The van der Waals surface area contributed by atoms with Crippen LogP contribution in [0.2, 0.25) is 0 Å². The standard InChI is InChI=1S/C44H28N5O3/c1-47-44(52)48(2)46-41(45-47)30-22-20-29(21-23-30)39-35-13-5-3-11-32(35)34(33-12-4-6-14-36(33)39)26-19-27-17-24-31(25-18-27)49-42(50)37-15-7-9-28-10-8-16-38(40(28)37)43(49)51/h3-18,20-25H,1-2H3. The van der Waals surface area contributed by atoms with Gasteiger partial charge in [-0.25, -0.2) is 19.7 Å². The average Bonchev–Trinajstić information content (AvgIpc) is 3.18. The third-order valence-corrected chi connectivity index (χ3v) is 9.64. The lowest BCUT2D eigenvalue weighted by Gasteiger charge is -2.27. The number of anilines is 1. The van der Waals surface area contributed by atoms with Crippen molar-refractivity contribution in [2.24, 2.45) is 5.10 Å². The van der Waals surface area contributed by atoms with Gasteiger partial charge in [0.15, 0.2) is 5.84 Å². The average molecular weight is 675 g/mol. The first-order valence-electron chi connectivity index (χ1n) is 16.8. The molecule has 0 unspecified atom stereocenters. The van der Waals surface area contributed by atoms with E-state index in [2.05, 4.69) is 58.8 Å². The highest BCUT2D eigenvalue weighted by atomic mass is 16.2. The fourth-order valence-corrected chi connectivity index (χ4v) is 7.17. The number of imide groups is 1. The minimum absolute atomic E-state index is 0.298. The molecule has 0 aliphatic carbocycles. The molecule has 7 aromatic carbocycles. The Morgan fingerprint density at radius 3 is 1.67 bits per heavy atom. The van der Waals surface area contributed by atoms with Crippen LogP contribution in [-0.4, -0.2) is 47.8 Å². The van der Waals surface area contributed by atoms with Gasteiger partial charge in [-0.2, -0.15) is 0 Å². The quantitative estimate of drug-likeness (QED) is 0.108. The van der Waals surface area contributed by atoms with E-state index in [1.165, 1.54) is 14.9 Å². The molecule has 7 aromatic rings. The second-order valence-electron chi connectivity index (χ2n) is 12.7. The van der Waals surface area contributed by atoms with Gasteiger partial charge in [0.1, 0.15) is 0 Å². The molecular weight excluding hydrogens is 647 g/mol.